The topological polar surface area (TPSA) is 135 Å². The molecule has 0 spiro atoms. The van der Waals surface area contributed by atoms with Crippen molar-refractivity contribution >= 4 is 11.6 Å². The number of aliphatic hydroxyl groups is 5. The third-order valence-electron chi connectivity index (χ3n) is 4.46. The van der Waals surface area contributed by atoms with E-state index in [2.05, 4.69) is 0 Å². The average Bonchev–Trinajstić information content (AvgIpc) is 2.60. The molecular weight excluding hydrogens is 328 g/mol. The third-order valence-corrected chi connectivity index (χ3v) is 4.46. The van der Waals surface area contributed by atoms with E-state index < -0.39 is 36.8 Å². The smallest absolute Gasteiger partial charge is 0.197 e. The van der Waals surface area contributed by atoms with Gasteiger partial charge in [-0.2, -0.15) is 0 Å². The minimum Gasteiger partial charge on any atom is -0.394 e. The van der Waals surface area contributed by atoms with E-state index in [9.17, 15) is 24.9 Å². The van der Waals surface area contributed by atoms with Crippen LogP contribution < -0.4 is 0 Å². The molecule has 0 bridgehead atoms. The van der Waals surface area contributed by atoms with Gasteiger partial charge in [-0.05, 0) is 19.8 Å². The number of hydrogen-bond donors (Lipinski definition) is 5. The number of carbonyl (C=O) groups is 2. The molecule has 0 rings (SSSR count). The normalized spacial score (nSPS) is 16.2. The maximum atomic E-state index is 12.0. The summed E-state index contributed by atoms with van der Waals surface area (Å²) in [6.45, 7) is -0.0528. The molecule has 0 aromatic heterocycles. The monoisotopic (exact) mass is 362 g/mol. The highest BCUT2D eigenvalue weighted by Gasteiger charge is 2.44. The van der Waals surface area contributed by atoms with E-state index in [1.165, 1.54) is 0 Å². The molecule has 3 atom stereocenters. The van der Waals surface area contributed by atoms with Crippen molar-refractivity contribution in [2.45, 2.75) is 88.9 Å². The Balaban J connectivity index is 4.04. The van der Waals surface area contributed by atoms with Crippen molar-refractivity contribution in [2.24, 2.45) is 0 Å². The zero-order chi connectivity index (χ0) is 19.3. The Bertz CT molecular complexity index is 386. The molecule has 0 aromatic rings. The Morgan fingerprint density at radius 1 is 0.840 bits per heavy atom. The molecule has 0 aliphatic rings. The first kappa shape index (κ1) is 24.1. The van der Waals surface area contributed by atoms with Crippen molar-refractivity contribution in [1.82, 2.24) is 0 Å². The van der Waals surface area contributed by atoms with E-state index in [1.54, 1.807) is 6.92 Å². The number of carbonyl (C=O) groups excluding carboxylic acids is 2. The van der Waals surface area contributed by atoms with Gasteiger partial charge in [0.05, 0.1) is 13.2 Å². The summed E-state index contributed by atoms with van der Waals surface area (Å²) in [7, 11) is 0. The number of unbranched alkanes of at least 4 members (excludes halogenated alkanes) is 7. The molecule has 0 heterocycles. The molecule has 7 nitrogen and oxygen atoms in total. The lowest BCUT2D eigenvalue weighted by Crippen LogP contribution is -2.55. The summed E-state index contributed by atoms with van der Waals surface area (Å²) in [4.78, 5) is 22.8. The number of ketones is 2. The Hall–Kier alpha value is -0.860. The van der Waals surface area contributed by atoms with Gasteiger partial charge in [0.15, 0.2) is 11.4 Å². The van der Waals surface area contributed by atoms with Gasteiger partial charge in [0.1, 0.15) is 18.0 Å². The first-order chi connectivity index (χ1) is 11.8. The van der Waals surface area contributed by atoms with Crippen LogP contribution in [0, 0.1) is 0 Å². The SMILES string of the molecule is CC(=O)CCCCCCCCCC[C@](O)(C(=O)[C@@H](O)CO)[C@H](O)CO. The lowest BCUT2D eigenvalue weighted by molar-refractivity contribution is -0.166. The van der Waals surface area contributed by atoms with E-state index >= 15 is 0 Å². The van der Waals surface area contributed by atoms with E-state index in [-0.39, 0.29) is 12.2 Å². The van der Waals surface area contributed by atoms with Crippen LogP contribution >= 0.6 is 0 Å². The van der Waals surface area contributed by atoms with Gasteiger partial charge in [-0.3, -0.25) is 4.79 Å². The van der Waals surface area contributed by atoms with Gasteiger partial charge in [-0.25, -0.2) is 0 Å². The van der Waals surface area contributed by atoms with Crippen LogP contribution in [0.4, 0.5) is 0 Å². The number of Topliss-reactive ketones (excluding diaryl/α,β-unsaturated/α-hetero) is 2. The Labute approximate surface area is 149 Å². The molecule has 0 radical (unpaired) electrons. The second-order valence-corrected chi connectivity index (χ2v) is 6.72. The first-order valence-electron chi connectivity index (χ1n) is 9.13. The summed E-state index contributed by atoms with van der Waals surface area (Å²) in [5, 5.41) is 47.3. The van der Waals surface area contributed by atoms with Crippen molar-refractivity contribution < 1.29 is 35.1 Å². The number of hydrogen-bond acceptors (Lipinski definition) is 7. The van der Waals surface area contributed by atoms with Gasteiger partial charge in [-0.15, -0.1) is 0 Å². The van der Waals surface area contributed by atoms with Crippen LogP contribution in [0.2, 0.25) is 0 Å². The highest BCUT2D eigenvalue weighted by Crippen LogP contribution is 2.23. The molecule has 0 unspecified atom stereocenters. The van der Waals surface area contributed by atoms with Crippen LogP contribution in [0.5, 0.6) is 0 Å². The summed E-state index contributed by atoms with van der Waals surface area (Å²) >= 11 is 0. The van der Waals surface area contributed by atoms with Crippen LogP contribution in [0.25, 0.3) is 0 Å². The van der Waals surface area contributed by atoms with E-state index in [4.69, 9.17) is 10.2 Å². The van der Waals surface area contributed by atoms with Crippen molar-refractivity contribution in [3.05, 3.63) is 0 Å². The molecular formula is C18H34O7. The first-order valence-corrected chi connectivity index (χ1v) is 9.13. The van der Waals surface area contributed by atoms with Crippen LogP contribution in [0.3, 0.4) is 0 Å². The lowest BCUT2D eigenvalue weighted by atomic mass is 9.84. The number of rotatable bonds is 16. The van der Waals surface area contributed by atoms with Gasteiger partial charge in [0.2, 0.25) is 0 Å². The Morgan fingerprint density at radius 2 is 1.32 bits per heavy atom. The van der Waals surface area contributed by atoms with Crippen LogP contribution in [0.1, 0.15) is 71.1 Å². The Kier molecular flexibility index (Phi) is 12.9. The van der Waals surface area contributed by atoms with Gasteiger partial charge < -0.3 is 30.3 Å². The van der Waals surface area contributed by atoms with Crippen molar-refractivity contribution in [3.8, 4) is 0 Å². The largest absolute Gasteiger partial charge is 0.394 e. The quantitative estimate of drug-likeness (QED) is 0.252. The minimum absolute atomic E-state index is 0.0801. The molecule has 0 aromatic carbocycles. The highest BCUT2D eigenvalue weighted by atomic mass is 16.4. The highest BCUT2D eigenvalue weighted by molar-refractivity contribution is 5.91. The lowest BCUT2D eigenvalue weighted by Gasteiger charge is -2.32. The molecule has 0 aliphatic heterocycles. The van der Waals surface area contributed by atoms with Crippen molar-refractivity contribution in [1.29, 1.82) is 0 Å². The predicted octanol–water partition coefficient (Wildman–Crippen LogP) is 0.483. The van der Waals surface area contributed by atoms with E-state index in [0.717, 1.165) is 44.9 Å². The second-order valence-electron chi connectivity index (χ2n) is 6.72. The maximum Gasteiger partial charge on any atom is 0.197 e. The van der Waals surface area contributed by atoms with Gasteiger partial charge >= 0.3 is 0 Å². The fraction of sp³-hybridized carbons (Fsp3) is 0.889. The van der Waals surface area contributed by atoms with Crippen LogP contribution in [-0.4, -0.2) is 68.1 Å². The van der Waals surface area contributed by atoms with Gasteiger partial charge in [-0.1, -0.05) is 44.9 Å². The molecule has 0 saturated heterocycles. The molecule has 0 fully saturated rings. The molecule has 7 heteroatoms. The molecule has 0 saturated carbocycles. The fourth-order valence-corrected chi connectivity index (χ4v) is 2.81. The zero-order valence-electron chi connectivity index (χ0n) is 15.2. The average molecular weight is 362 g/mol. The summed E-state index contributed by atoms with van der Waals surface area (Å²) in [6, 6.07) is 0. The summed E-state index contributed by atoms with van der Waals surface area (Å²) in [5.74, 6) is -0.847. The predicted molar refractivity (Wildman–Crippen MR) is 93.0 cm³/mol. The Morgan fingerprint density at radius 3 is 1.76 bits per heavy atom. The second kappa shape index (κ2) is 13.4. The van der Waals surface area contributed by atoms with Crippen LogP contribution in [0.15, 0.2) is 0 Å². The summed E-state index contributed by atoms with van der Waals surface area (Å²) < 4.78 is 0. The molecule has 0 amide bonds. The zero-order valence-corrected chi connectivity index (χ0v) is 15.2. The van der Waals surface area contributed by atoms with Crippen LogP contribution in [-0.2, 0) is 9.59 Å². The third kappa shape index (κ3) is 9.42. The summed E-state index contributed by atoms with van der Waals surface area (Å²) in [6.07, 6.45) is 4.31. The molecule has 0 aliphatic carbocycles. The van der Waals surface area contributed by atoms with Crippen molar-refractivity contribution in [3.63, 3.8) is 0 Å². The number of aliphatic hydroxyl groups excluding tert-OH is 4. The maximum absolute atomic E-state index is 12.0. The minimum atomic E-state index is -2.25. The van der Waals surface area contributed by atoms with Crippen molar-refractivity contribution in [2.75, 3.05) is 13.2 Å². The summed E-state index contributed by atoms with van der Waals surface area (Å²) in [5.41, 5.74) is -2.25. The molecule has 25 heavy (non-hydrogen) atoms. The van der Waals surface area contributed by atoms with E-state index in [0.29, 0.717) is 12.8 Å². The van der Waals surface area contributed by atoms with E-state index in [1.807, 2.05) is 0 Å². The molecule has 5 N–H and O–H groups in total. The standard InChI is InChI=1S/C18H34O7/c1-14(21)10-8-6-4-2-3-5-7-9-11-18(25,16(23)13-20)17(24)15(22)12-19/h15-16,19-20,22-23,25H,2-13H2,1H3/t15-,16+,18+/m0/s1. The fourth-order valence-electron chi connectivity index (χ4n) is 2.81. The van der Waals surface area contributed by atoms with Gasteiger partial charge in [0.25, 0.3) is 0 Å². The molecule has 148 valence electrons. The van der Waals surface area contributed by atoms with Gasteiger partial charge in [0, 0.05) is 6.42 Å².